The predicted octanol–water partition coefficient (Wildman–Crippen LogP) is 2.31. The van der Waals surface area contributed by atoms with E-state index in [2.05, 4.69) is 4.98 Å². The van der Waals surface area contributed by atoms with Crippen molar-refractivity contribution in [1.82, 2.24) is 9.55 Å². The number of para-hydroxylation sites is 1. The van der Waals surface area contributed by atoms with E-state index in [0.717, 1.165) is 6.07 Å². The lowest BCUT2D eigenvalue weighted by molar-refractivity contribution is -0.136. The Balaban J connectivity index is 2.25. The molecule has 1 saturated heterocycles. The first-order valence-electron chi connectivity index (χ1n) is 5.86. The zero-order valence-electron chi connectivity index (χ0n) is 9.83. The average molecular weight is 272 g/mol. The second-order valence-electron chi connectivity index (χ2n) is 4.52. The van der Waals surface area contributed by atoms with Crippen LogP contribution in [0.4, 0.5) is 13.2 Å². The standard InChI is InChI=1S/C12H11F3N2O2/c13-12(14,15)8-2-1-3-9-10(8)16-11(18)17(9)7-4-5-19-6-7/h1-3,7H,4-6H2,(H,16,18). The summed E-state index contributed by atoms with van der Waals surface area (Å²) in [5.74, 6) is 0. The Morgan fingerprint density at radius 2 is 2.16 bits per heavy atom. The molecule has 1 N–H and O–H groups in total. The Kier molecular flexibility index (Phi) is 2.67. The molecule has 0 spiro atoms. The number of aromatic amines is 1. The summed E-state index contributed by atoms with van der Waals surface area (Å²) in [5.41, 5.74) is -1.23. The van der Waals surface area contributed by atoms with E-state index in [1.807, 2.05) is 0 Å². The molecule has 0 saturated carbocycles. The van der Waals surface area contributed by atoms with Crippen molar-refractivity contribution in [1.29, 1.82) is 0 Å². The van der Waals surface area contributed by atoms with E-state index in [9.17, 15) is 18.0 Å². The molecule has 102 valence electrons. The van der Waals surface area contributed by atoms with Crippen LogP contribution in [0.5, 0.6) is 0 Å². The fourth-order valence-corrected chi connectivity index (χ4v) is 2.47. The molecule has 2 aromatic rings. The highest BCUT2D eigenvalue weighted by Crippen LogP contribution is 2.34. The lowest BCUT2D eigenvalue weighted by atomic mass is 10.1. The molecule has 0 amide bonds. The molecule has 19 heavy (non-hydrogen) atoms. The number of hydrogen-bond donors (Lipinski definition) is 1. The first kappa shape index (κ1) is 12.3. The topological polar surface area (TPSA) is 47.0 Å². The van der Waals surface area contributed by atoms with Crippen LogP contribution in [-0.4, -0.2) is 22.8 Å². The summed E-state index contributed by atoms with van der Waals surface area (Å²) in [4.78, 5) is 14.2. The minimum Gasteiger partial charge on any atom is -0.379 e. The van der Waals surface area contributed by atoms with Crippen molar-refractivity contribution >= 4 is 11.0 Å². The van der Waals surface area contributed by atoms with Crippen LogP contribution in [0.3, 0.4) is 0 Å². The minimum absolute atomic E-state index is 0.160. The fourth-order valence-electron chi connectivity index (χ4n) is 2.47. The smallest absolute Gasteiger partial charge is 0.379 e. The molecular weight excluding hydrogens is 261 g/mol. The number of alkyl halides is 3. The van der Waals surface area contributed by atoms with Crippen LogP contribution in [-0.2, 0) is 10.9 Å². The van der Waals surface area contributed by atoms with E-state index >= 15 is 0 Å². The number of imidazole rings is 1. The van der Waals surface area contributed by atoms with Crippen LogP contribution in [0.1, 0.15) is 18.0 Å². The SMILES string of the molecule is O=c1[nH]c2c(C(F)(F)F)cccc2n1C1CCOC1. The lowest BCUT2D eigenvalue weighted by Crippen LogP contribution is -2.22. The number of nitrogens with zero attached hydrogens (tertiary/aromatic N) is 1. The second kappa shape index (κ2) is 4.12. The third-order valence-corrected chi connectivity index (χ3v) is 3.33. The summed E-state index contributed by atoms with van der Waals surface area (Å²) in [6.07, 6.45) is -3.86. The zero-order valence-corrected chi connectivity index (χ0v) is 9.83. The first-order valence-corrected chi connectivity index (χ1v) is 5.86. The molecule has 1 fully saturated rings. The molecule has 0 radical (unpaired) electrons. The summed E-state index contributed by atoms with van der Waals surface area (Å²) in [5, 5.41) is 0. The van der Waals surface area contributed by atoms with Crippen molar-refractivity contribution in [2.45, 2.75) is 18.6 Å². The summed E-state index contributed by atoms with van der Waals surface area (Å²) < 4.78 is 45.2. The van der Waals surface area contributed by atoms with Crippen LogP contribution in [0.2, 0.25) is 0 Å². The van der Waals surface area contributed by atoms with Crippen molar-refractivity contribution in [2.75, 3.05) is 13.2 Å². The van der Waals surface area contributed by atoms with Crippen molar-refractivity contribution in [3.05, 3.63) is 34.2 Å². The van der Waals surface area contributed by atoms with Gasteiger partial charge in [-0.2, -0.15) is 13.2 Å². The van der Waals surface area contributed by atoms with Crippen LogP contribution in [0, 0.1) is 0 Å². The van der Waals surface area contributed by atoms with Gasteiger partial charge in [0.05, 0.1) is 29.2 Å². The van der Waals surface area contributed by atoms with Gasteiger partial charge >= 0.3 is 11.9 Å². The van der Waals surface area contributed by atoms with Crippen LogP contribution in [0.15, 0.2) is 23.0 Å². The van der Waals surface area contributed by atoms with E-state index in [1.165, 1.54) is 16.7 Å². The Bertz CT molecular complexity index is 666. The molecule has 0 aliphatic carbocycles. The third-order valence-electron chi connectivity index (χ3n) is 3.33. The molecule has 1 aromatic heterocycles. The summed E-state index contributed by atoms with van der Waals surface area (Å²) in [7, 11) is 0. The van der Waals surface area contributed by atoms with Gasteiger partial charge in [-0.05, 0) is 18.6 Å². The van der Waals surface area contributed by atoms with Gasteiger partial charge in [-0.15, -0.1) is 0 Å². The highest BCUT2D eigenvalue weighted by molar-refractivity contribution is 5.79. The Morgan fingerprint density at radius 1 is 1.37 bits per heavy atom. The van der Waals surface area contributed by atoms with Gasteiger partial charge in [0.2, 0.25) is 0 Å². The lowest BCUT2D eigenvalue weighted by Gasteiger charge is -2.11. The molecule has 7 heteroatoms. The molecule has 1 aliphatic heterocycles. The third kappa shape index (κ3) is 1.94. The highest BCUT2D eigenvalue weighted by Gasteiger charge is 2.34. The monoisotopic (exact) mass is 272 g/mol. The van der Waals surface area contributed by atoms with Crippen molar-refractivity contribution < 1.29 is 17.9 Å². The van der Waals surface area contributed by atoms with Gasteiger partial charge in [-0.3, -0.25) is 4.57 Å². The van der Waals surface area contributed by atoms with Gasteiger partial charge in [0.15, 0.2) is 0 Å². The normalized spacial score (nSPS) is 20.3. The van der Waals surface area contributed by atoms with E-state index in [1.54, 1.807) is 0 Å². The maximum absolute atomic E-state index is 12.9. The van der Waals surface area contributed by atoms with Crippen LogP contribution >= 0.6 is 0 Å². The molecule has 1 atom stereocenters. The molecule has 2 heterocycles. The molecule has 1 unspecified atom stereocenters. The quantitative estimate of drug-likeness (QED) is 0.866. The molecule has 0 bridgehead atoms. The number of halogens is 3. The molecule has 1 aromatic carbocycles. The van der Waals surface area contributed by atoms with E-state index in [0.29, 0.717) is 19.6 Å². The van der Waals surface area contributed by atoms with Gasteiger partial charge < -0.3 is 9.72 Å². The molecule has 1 aliphatic rings. The van der Waals surface area contributed by atoms with Gasteiger partial charge in [-0.25, -0.2) is 4.79 Å². The maximum Gasteiger partial charge on any atom is 0.418 e. The Morgan fingerprint density at radius 3 is 2.79 bits per heavy atom. The summed E-state index contributed by atoms with van der Waals surface area (Å²) in [6, 6.07) is 3.59. The van der Waals surface area contributed by atoms with Crippen LogP contribution < -0.4 is 5.69 Å². The number of nitrogens with one attached hydrogen (secondary N) is 1. The maximum atomic E-state index is 12.9. The summed E-state index contributed by atoms with van der Waals surface area (Å²) >= 11 is 0. The number of fused-ring (bicyclic) bond motifs is 1. The van der Waals surface area contributed by atoms with Gasteiger partial charge in [0, 0.05) is 6.61 Å². The van der Waals surface area contributed by atoms with E-state index < -0.39 is 17.4 Å². The van der Waals surface area contributed by atoms with E-state index in [-0.39, 0.29) is 17.1 Å². The largest absolute Gasteiger partial charge is 0.418 e. The molecule has 3 rings (SSSR count). The van der Waals surface area contributed by atoms with Crippen molar-refractivity contribution in [2.24, 2.45) is 0 Å². The Labute approximate surface area is 105 Å². The molecule has 4 nitrogen and oxygen atoms in total. The minimum atomic E-state index is -4.49. The number of H-pyrrole nitrogens is 1. The summed E-state index contributed by atoms with van der Waals surface area (Å²) in [6.45, 7) is 0.867. The average Bonchev–Trinajstić information content (AvgIpc) is 2.92. The van der Waals surface area contributed by atoms with Gasteiger partial charge in [-0.1, -0.05) is 6.07 Å². The number of ether oxygens (including phenoxy) is 1. The fraction of sp³-hybridized carbons (Fsp3) is 0.417. The van der Waals surface area contributed by atoms with Crippen molar-refractivity contribution in [3.8, 4) is 0 Å². The number of hydrogen-bond acceptors (Lipinski definition) is 2. The number of benzene rings is 1. The zero-order chi connectivity index (χ0) is 13.6. The van der Waals surface area contributed by atoms with Gasteiger partial charge in [0.1, 0.15) is 0 Å². The highest BCUT2D eigenvalue weighted by atomic mass is 19.4. The van der Waals surface area contributed by atoms with Crippen molar-refractivity contribution in [3.63, 3.8) is 0 Å². The predicted molar refractivity (Wildman–Crippen MR) is 62.0 cm³/mol. The van der Waals surface area contributed by atoms with E-state index in [4.69, 9.17) is 4.74 Å². The Hall–Kier alpha value is -1.76. The second-order valence-corrected chi connectivity index (χ2v) is 4.52. The number of rotatable bonds is 1. The molecular formula is C12H11F3N2O2. The van der Waals surface area contributed by atoms with Crippen LogP contribution in [0.25, 0.3) is 11.0 Å². The number of aromatic nitrogens is 2. The first-order chi connectivity index (χ1) is 8.98. The van der Waals surface area contributed by atoms with Gasteiger partial charge in [0.25, 0.3) is 0 Å².